The van der Waals surface area contributed by atoms with Gasteiger partial charge in [-0.3, -0.25) is 4.99 Å². The van der Waals surface area contributed by atoms with Gasteiger partial charge in [-0.25, -0.2) is 0 Å². The van der Waals surface area contributed by atoms with Gasteiger partial charge < -0.3 is 11.1 Å². The number of rotatable bonds is 7. The summed E-state index contributed by atoms with van der Waals surface area (Å²) >= 11 is 1.79. The molecule has 0 atom stereocenters. The molecule has 4 heteroatoms. The maximum atomic E-state index is 5.85. The van der Waals surface area contributed by atoms with Crippen molar-refractivity contribution in [2.75, 3.05) is 13.1 Å². The summed E-state index contributed by atoms with van der Waals surface area (Å²) < 4.78 is 0. The van der Waals surface area contributed by atoms with E-state index in [-0.39, 0.29) is 0 Å². The second-order valence-electron chi connectivity index (χ2n) is 5.32. The summed E-state index contributed by atoms with van der Waals surface area (Å²) in [6, 6.07) is 4.24. The molecule has 1 aromatic rings. The van der Waals surface area contributed by atoms with Crippen LogP contribution in [0.25, 0.3) is 0 Å². The Hall–Kier alpha value is -1.03. The highest BCUT2D eigenvalue weighted by molar-refractivity contribution is 7.09. The molecule has 106 valence electrons. The molecule has 0 saturated heterocycles. The number of thiophene rings is 1. The highest BCUT2D eigenvalue weighted by Crippen LogP contribution is 2.28. The van der Waals surface area contributed by atoms with Crippen LogP contribution in [0.4, 0.5) is 0 Å². The molecular formula is C15H25N3S. The fourth-order valence-electron chi connectivity index (χ4n) is 2.70. The van der Waals surface area contributed by atoms with E-state index in [2.05, 4.69) is 27.8 Å². The molecule has 0 amide bonds. The van der Waals surface area contributed by atoms with Crippen molar-refractivity contribution in [3.63, 3.8) is 0 Å². The molecule has 19 heavy (non-hydrogen) atoms. The maximum absolute atomic E-state index is 5.85. The maximum Gasteiger partial charge on any atom is 0.188 e. The molecule has 1 fully saturated rings. The van der Waals surface area contributed by atoms with Gasteiger partial charge >= 0.3 is 0 Å². The number of aliphatic imine (C=N–C) groups is 1. The van der Waals surface area contributed by atoms with E-state index in [0.717, 1.165) is 25.4 Å². The van der Waals surface area contributed by atoms with Crippen molar-refractivity contribution in [3.05, 3.63) is 22.4 Å². The minimum absolute atomic E-state index is 0.600. The minimum Gasteiger partial charge on any atom is -0.370 e. The van der Waals surface area contributed by atoms with Gasteiger partial charge in [0.05, 0.1) is 0 Å². The van der Waals surface area contributed by atoms with Gasteiger partial charge in [0.2, 0.25) is 0 Å². The molecule has 0 aliphatic heterocycles. The lowest BCUT2D eigenvalue weighted by atomic mass is 10.0. The average molecular weight is 279 g/mol. The van der Waals surface area contributed by atoms with Crippen molar-refractivity contribution < 1.29 is 0 Å². The smallest absolute Gasteiger partial charge is 0.188 e. The Labute approximate surface area is 120 Å². The van der Waals surface area contributed by atoms with Crippen molar-refractivity contribution in [1.82, 2.24) is 5.32 Å². The van der Waals surface area contributed by atoms with Crippen LogP contribution in [0.2, 0.25) is 0 Å². The van der Waals surface area contributed by atoms with E-state index in [4.69, 9.17) is 5.73 Å². The number of hydrogen-bond acceptors (Lipinski definition) is 2. The van der Waals surface area contributed by atoms with Crippen LogP contribution in [0.3, 0.4) is 0 Å². The van der Waals surface area contributed by atoms with Gasteiger partial charge in [0.25, 0.3) is 0 Å². The SMILES string of the molecule is NC(=NCCCC1CCCC1)NCCc1cccs1. The van der Waals surface area contributed by atoms with Crippen LogP contribution in [-0.2, 0) is 6.42 Å². The summed E-state index contributed by atoms with van der Waals surface area (Å²) in [5.74, 6) is 1.56. The lowest BCUT2D eigenvalue weighted by Crippen LogP contribution is -2.33. The Morgan fingerprint density at radius 3 is 3.00 bits per heavy atom. The van der Waals surface area contributed by atoms with E-state index < -0.39 is 0 Å². The van der Waals surface area contributed by atoms with E-state index in [1.807, 2.05) is 0 Å². The molecule has 0 bridgehead atoms. The third-order valence-corrected chi connectivity index (χ3v) is 4.72. The quantitative estimate of drug-likeness (QED) is 0.457. The van der Waals surface area contributed by atoms with Crippen LogP contribution < -0.4 is 11.1 Å². The van der Waals surface area contributed by atoms with Crippen LogP contribution in [0, 0.1) is 5.92 Å². The molecule has 1 saturated carbocycles. The van der Waals surface area contributed by atoms with Gasteiger partial charge in [-0.15, -0.1) is 11.3 Å². The number of guanidine groups is 1. The van der Waals surface area contributed by atoms with Crippen LogP contribution in [-0.4, -0.2) is 19.0 Å². The summed E-state index contributed by atoms with van der Waals surface area (Å²) in [6.45, 7) is 1.74. The number of nitrogens with one attached hydrogen (secondary N) is 1. The first-order valence-corrected chi connectivity index (χ1v) is 8.29. The first kappa shape index (κ1) is 14.4. The average Bonchev–Trinajstić information content (AvgIpc) is 3.07. The summed E-state index contributed by atoms with van der Waals surface area (Å²) in [7, 11) is 0. The van der Waals surface area contributed by atoms with E-state index in [1.54, 1.807) is 11.3 Å². The third-order valence-electron chi connectivity index (χ3n) is 3.78. The van der Waals surface area contributed by atoms with E-state index in [9.17, 15) is 0 Å². The number of nitrogens with two attached hydrogens (primary N) is 1. The standard InChI is InChI=1S/C15H25N3S/c16-15(18-11-9-14-8-4-12-19-14)17-10-3-7-13-5-1-2-6-13/h4,8,12-13H,1-3,5-7,9-11H2,(H3,16,17,18). The summed E-state index contributed by atoms with van der Waals surface area (Å²) in [6.07, 6.45) is 9.25. The van der Waals surface area contributed by atoms with Crippen LogP contribution in [0.15, 0.2) is 22.5 Å². The van der Waals surface area contributed by atoms with E-state index in [1.165, 1.54) is 43.4 Å². The monoisotopic (exact) mass is 279 g/mol. The number of nitrogens with zero attached hydrogens (tertiary/aromatic N) is 1. The predicted octanol–water partition coefficient (Wildman–Crippen LogP) is 3.17. The normalized spacial score (nSPS) is 16.9. The molecule has 1 aromatic heterocycles. The first-order chi connectivity index (χ1) is 9.34. The zero-order chi connectivity index (χ0) is 13.3. The van der Waals surface area contributed by atoms with Gasteiger partial charge in [-0.05, 0) is 36.6 Å². The molecule has 2 rings (SSSR count). The third kappa shape index (κ3) is 5.64. The van der Waals surface area contributed by atoms with Gasteiger partial charge in [0.15, 0.2) is 5.96 Å². The molecule has 0 aromatic carbocycles. The molecule has 0 unspecified atom stereocenters. The molecule has 1 aliphatic rings. The van der Waals surface area contributed by atoms with Gasteiger partial charge in [0, 0.05) is 18.0 Å². The van der Waals surface area contributed by atoms with Crippen molar-refractivity contribution in [3.8, 4) is 0 Å². The molecular weight excluding hydrogens is 254 g/mol. The molecule has 3 nitrogen and oxygen atoms in total. The molecule has 1 aliphatic carbocycles. The van der Waals surface area contributed by atoms with Gasteiger partial charge in [-0.1, -0.05) is 31.7 Å². The summed E-state index contributed by atoms with van der Waals surface area (Å²) in [4.78, 5) is 5.78. The lowest BCUT2D eigenvalue weighted by molar-refractivity contribution is 0.488. The highest BCUT2D eigenvalue weighted by atomic mass is 32.1. The van der Waals surface area contributed by atoms with Crippen molar-refractivity contribution in [1.29, 1.82) is 0 Å². The zero-order valence-electron chi connectivity index (χ0n) is 11.6. The Morgan fingerprint density at radius 1 is 1.42 bits per heavy atom. The second kappa shape index (κ2) is 8.20. The zero-order valence-corrected chi connectivity index (χ0v) is 12.4. The van der Waals surface area contributed by atoms with E-state index >= 15 is 0 Å². The van der Waals surface area contributed by atoms with Gasteiger partial charge in [0.1, 0.15) is 0 Å². The Morgan fingerprint density at radius 2 is 2.26 bits per heavy atom. The molecule has 3 N–H and O–H groups in total. The minimum atomic E-state index is 0.600. The first-order valence-electron chi connectivity index (χ1n) is 7.41. The largest absolute Gasteiger partial charge is 0.370 e. The van der Waals surface area contributed by atoms with Crippen LogP contribution >= 0.6 is 11.3 Å². The Kier molecular flexibility index (Phi) is 6.21. The fraction of sp³-hybridized carbons (Fsp3) is 0.667. The number of hydrogen-bond donors (Lipinski definition) is 2. The van der Waals surface area contributed by atoms with Crippen LogP contribution in [0.5, 0.6) is 0 Å². The van der Waals surface area contributed by atoms with Crippen LogP contribution in [0.1, 0.15) is 43.4 Å². The van der Waals surface area contributed by atoms with Crippen molar-refractivity contribution in [2.45, 2.75) is 44.9 Å². The molecule has 0 spiro atoms. The predicted molar refractivity (Wildman–Crippen MR) is 83.7 cm³/mol. The van der Waals surface area contributed by atoms with Crippen molar-refractivity contribution in [2.24, 2.45) is 16.6 Å². The lowest BCUT2D eigenvalue weighted by Gasteiger charge is -2.07. The second-order valence-corrected chi connectivity index (χ2v) is 6.35. The van der Waals surface area contributed by atoms with Gasteiger partial charge in [-0.2, -0.15) is 0 Å². The Balaban J connectivity index is 1.52. The van der Waals surface area contributed by atoms with Crippen molar-refractivity contribution >= 4 is 17.3 Å². The fourth-order valence-corrected chi connectivity index (χ4v) is 3.41. The summed E-state index contributed by atoms with van der Waals surface area (Å²) in [5, 5.41) is 5.29. The topological polar surface area (TPSA) is 50.4 Å². The highest BCUT2D eigenvalue weighted by Gasteiger charge is 2.13. The Bertz CT molecular complexity index is 367. The molecule has 0 radical (unpaired) electrons. The molecule has 1 heterocycles. The van der Waals surface area contributed by atoms with E-state index in [0.29, 0.717) is 5.96 Å². The summed E-state index contributed by atoms with van der Waals surface area (Å²) in [5.41, 5.74) is 5.85.